The van der Waals surface area contributed by atoms with Crippen LogP contribution in [0.2, 0.25) is 0 Å². The molecule has 0 saturated carbocycles. The second-order valence-electron chi connectivity index (χ2n) is 12.2. The maximum Gasteiger partial charge on any atom is 0.238 e. The second kappa shape index (κ2) is 26.0. The van der Waals surface area contributed by atoms with Gasteiger partial charge in [-0.25, -0.2) is 13.6 Å². The van der Waals surface area contributed by atoms with Gasteiger partial charge in [0.1, 0.15) is 6.61 Å². The molecule has 0 aliphatic heterocycles. The number of primary sulfonamides is 1. The topological polar surface area (TPSA) is 211 Å². The van der Waals surface area contributed by atoms with Crippen LogP contribution in [0.4, 0.5) is 11.4 Å². The number of rotatable bonds is 28. The lowest BCUT2D eigenvalue weighted by molar-refractivity contribution is -0.121. The van der Waals surface area contributed by atoms with E-state index in [1.807, 2.05) is 0 Å². The van der Waals surface area contributed by atoms with Crippen molar-refractivity contribution in [3.05, 3.63) is 89.5 Å². The first-order valence-corrected chi connectivity index (χ1v) is 19.6. The van der Waals surface area contributed by atoms with Gasteiger partial charge in [-0.15, -0.1) is 6.42 Å². The van der Waals surface area contributed by atoms with Gasteiger partial charge in [-0.05, 0) is 79.1 Å². The maximum atomic E-state index is 13.0. The zero-order chi connectivity index (χ0) is 40.4. The fraction of sp³-hybridized carbons (Fsp3) is 0.400. The van der Waals surface area contributed by atoms with Crippen LogP contribution in [-0.2, 0) is 54.5 Å². The van der Waals surface area contributed by atoms with Crippen molar-refractivity contribution in [3.8, 4) is 12.3 Å². The molecule has 56 heavy (non-hydrogen) atoms. The Morgan fingerprint density at radius 2 is 1.04 bits per heavy atom. The summed E-state index contributed by atoms with van der Waals surface area (Å²) < 4.78 is 49.4. The molecular weight excluding hydrogens is 745 g/mol. The number of hydrogen-bond acceptors (Lipinski definition) is 11. The average molecular weight is 795 g/mol. The van der Waals surface area contributed by atoms with Gasteiger partial charge in [0.25, 0.3) is 0 Å². The van der Waals surface area contributed by atoms with Gasteiger partial charge in [0.05, 0.1) is 70.8 Å². The third kappa shape index (κ3) is 19.0. The summed E-state index contributed by atoms with van der Waals surface area (Å²) in [6, 6.07) is 19.2. The van der Waals surface area contributed by atoms with Crippen LogP contribution in [0.1, 0.15) is 47.2 Å². The Kier molecular flexibility index (Phi) is 21.1. The first-order chi connectivity index (χ1) is 27.0. The highest BCUT2D eigenvalue weighted by Gasteiger charge is 2.12. The molecule has 302 valence electrons. The molecule has 0 aromatic heterocycles. The van der Waals surface area contributed by atoms with Gasteiger partial charge in [-0.2, -0.15) is 0 Å². The van der Waals surface area contributed by atoms with E-state index in [0.29, 0.717) is 94.7 Å². The van der Waals surface area contributed by atoms with E-state index in [9.17, 15) is 27.6 Å². The minimum atomic E-state index is -3.76. The quantitative estimate of drug-likeness (QED) is 0.0477. The predicted octanol–water partition coefficient (Wildman–Crippen LogP) is 3.08. The zero-order valence-corrected chi connectivity index (χ0v) is 32.1. The van der Waals surface area contributed by atoms with Gasteiger partial charge in [-0.3, -0.25) is 19.2 Å². The van der Waals surface area contributed by atoms with Crippen LogP contribution in [-0.4, -0.2) is 105 Å². The summed E-state index contributed by atoms with van der Waals surface area (Å²) in [5.74, 6) is 1.47. The summed E-state index contributed by atoms with van der Waals surface area (Å²) in [5, 5.41) is 13.4. The van der Waals surface area contributed by atoms with Crippen molar-refractivity contribution < 1.29 is 51.3 Å². The molecule has 5 N–H and O–H groups in total. The molecule has 16 heteroatoms. The second-order valence-corrected chi connectivity index (χ2v) is 13.7. The molecule has 0 atom stereocenters. The van der Waals surface area contributed by atoms with Crippen molar-refractivity contribution in [2.75, 3.05) is 83.2 Å². The molecule has 0 radical (unpaired) electrons. The van der Waals surface area contributed by atoms with Gasteiger partial charge in [0, 0.05) is 41.9 Å². The highest BCUT2D eigenvalue weighted by atomic mass is 32.2. The smallest absolute Gasteiger partial charge is 0.238 e. The summed E-state index contributed by atoms with van der Waals surface area (Å²) in [6.45, 7) is 4.24. The van der Waals surface area contributed by atoms with Crippen LogP contribution in [0.5, 0.6) is 0 Å². The van der Waals surface area contributed by atoms with Crippen molar-refractivity contribution in [2.24, 2.45) is 5.14 Å². The average Bonchev–Trinajstić information content (AvgIpc) is 3.18. The SMILES string of the molecule is C#CCOCCOCCOCCOCCOCCC(=O)Nc1ccc(C(=O)c2ccc(NC(=O)CCCC(=O)NCCc3ccc(S(N)(=O)=O)cc3)cc2)cc1. The highest BCUT2D eigenvalue weighted by Crippen LogP contribution is 2.17. The Bertz CT molecular complexity index is 1810. The third-order valence-electron chi connectivity index (χ3n) is 7.80. The van der Waals surface area contributed by atoms with Crippen molar-refractivity contribution in [1.82, 2.24) is 5.32 Å². The molecule has 0 aliphatic rings. The Morgan fingerprint density at radius 1 is 0.589 bits per heavy atom. The largest absolute Gasteiger partial charge is 0.379 e. The molecule has 3 amide bonds. The van der Waals surface area contributed by atoms with Crippen LogP contribution in [0.3, 0.4) is 0 Å². The molecule has 0 bridgehead atoms. The third-order valence-corrected chi connectivity index (χ3v) is 8.73. The summed E-state index contributed by atoms with van der Waals surface area (Å²) in [6.07, 6.45) is 6.40. The van der Waals surface area contributed by atoms with Gasteiger partial charge in [0.2, 0.25) is 27.7 Å². The monoisotopic (exact) mass is 794 g/mol. The van der Waals surface area contributed by atoms with E-state index in [0.717, 1.165) is 5.56 Å². The summed E-state index contributed by atoms with van der Waals surface area (Å²) in [7, 11) is -3.76. The fourth-order valence-electron chi connectivity index (χ4n) is 4.89. The number of ketones is 1. The molecule has 0 heterocycles. The number of ether oxygens (including phenoxy) is 5. The zero-order valence-electron chi connectivity index (χ0n) is 31.3. The van der Waals surface area contributed by atoms with E-state index in [1.165, 1.54) is 12.1 Å². The van der Waals surface area contributed by atoms with Crippen molar-refractivity contribution in [1.29, 1.82) is 0 Å². The van der Waals surface area contributed by atoms with Crippen molar-refractivity contribution in [3.63, 3.8) is 0 Å². The molecule has 3 rings (SSSR count). The minimum absolute atomic E-state index is 0.0236. The van der Waals surface area contributed by atoms with Crippen LogP contribution < -0.4 is 21.1 Å². The molecule has 3 aromatic rings. The summed E-state index contributed by atoms with van der Waals surface area (Å²) in [5.41, 5.74) is 2.76. The number of nitrogens with two attached hydrogens (primary N) is 1. The standard InChI is InChI=1S/C40H50N4O11S/c1-2-21-51-23-25-53-27-29-55-30-28-54-26-24-52-22-19-39(47)44-35-14-10-33(11-15-35)40(48)32-8-12-34(13-9-32)43-38(46)5-3-4-37(45)42-20-18-31-6-16-36(17-7-31)56(41,49)50/h1,6-17H,3-5,18-30H2,(H,42,45)(H,43,46)(H,44,47)(H2,41,49,50). The first kappa shape index (κ1) is 45.4. The number of carbonyl (C=O) groups is 4. The molecule has 0 unspecified atom stereocenters. The maximum absolute atomic E-state index is 13.0. The van der Waals surface area contributed by atoms with E-state index < -0.39 is 10.0 Å². The van der Waals surface area contributed by atoms with Crippen LogP contribution in [0.25, 0.3) is 0 Å². The number of nitrogens with one attached hydrogen (secondary N) is 3. The Labute approximate surface area is 328 Å². The van der Waals surface area contributed by atoms with Crippen molar-refractivity contribution in [2.45, 2.75) is 37.0 Å². The van der Waals surface area contributed by atoms with E-state index >= 15 is 0 Å². The number of sulfonamides is 1. The van der Waals surface area contributed by atoms with Gasteiger partial charge < -0.3 is 39.6 Å². The summed E-state index contributed by atoms with van der Waals surface area (Å²) >= 11 is 0. The number of anilines is 2. The number of terminal acetylenes is 1. The number of benzene rings is 3. The van der Waals surface area contributed by atoms with Crippen molar-refractivity contribution >= 4 is 44.9 Å². The number of amides is 3. The van der Waals surface area contributed by atoms with Gasteiger partial charge >= 0.3 is 0 Å². The molecule has 3 aromatic carbocycles. The predicted molar refractivity (Wildman–Crippen MR) is 210 cm³/mol. The number of hydrogen-bond donors (Lipinski definition) is 4. The van der Waals surface area contributed by atoms with Crippen LogP contribution in [0.15, 0.2) is 77.7 Å². The Balaban J connectivity index is 1.22. The van der Waals surface area contributed by atoms with Gasteiger partial charge in [-0.1, -0.05) is 18.1 Å². The normalized spacial score (nSPS) is 11.1. The van der Waals surface area contributed by atoms with E-state index in [1.54, 1.807) is 60.7 Å². The van der Waals surface area contributed by atoms with E-state index in [2.05, 4.69) is 21.9 Å². The fourth-order valence-corrected chi connectivity index (χ4v) is 5.40. The summed E-state index contributed by atoms with van der Waals surface area (Å²) in [4.78, 5) is 49.9. The lowest BCUT2D eigenvalue weighted by Gasteiger charge is -2.09. The van der Waals surface area contributed by atoms with Crippen LogP contribution >= 0.6 is 0 Å². The lowest BCUT2D eigenvalue weighted by atomic mass is 10.0. The molecular formula is C40H50N4O11S. The lowest BCUT2D eigenvalue weighted by Crippen LogP contribution is -2.25. The van der Waals surface area contributed by atoms with Gasteiger partial charge in [0.15, 0.2) is 5.78 Å². The highest BCUT2D eigenvalue weighted by molar-refractivity contribution is 7.89. The molecule has 15 nitrogen and oxygen atoms in total. The van der Waals surface area contributed by atoms with E-state index in [4.69, 9.17) is 35.2 Å². The Hall–Kier alpha value is -4.99. The molecule has 0 fully saturated rings. The molecule has 0 aliphatic carbocycles. The molecule has 0 spiro atoms. The first-order valence-electron chi connectivity index (χ1n) is 18.1. The Morgan fingerprint density at radius 3 is 1.52 bits per heavy atom. The number of carbonyl (C=O) groups excluding carboxylic acids is 4. The molecule has 0 saturated heterocycles. The minimum Gasteiger partial charge on any atom is -0.379 e. The van der Waals surface area contributed by atoms with Crippen LogP contribution in [0, 0.1) is 12.3 Å². The van der Waals surface area contributed by atoms with E-state index in [-0.39, 0.29) is 60.9 Å².